The number of benzene rings is 2. The zero-order valence-corrected chi connectivity index (χ0v) is 18.1. The maximum Gasteiger partial charge on any atom is 0.248 e. The molecule has 2 aromatic carbocycles. The van der Waals surface area contributed by atoms with Crippen LogP contribution in [-0.4, -0.2) is 26.6 Å². The second kappa shape index (κ2) is 9.24. The van der Waals surface area contributed by atoms with E-state index in [0.29, 0.717) is 5.69 Å². The summed E-state index contributed by atoms with van der Waals surface area (Å²) in [4.78, 5) is 13.0. The number of para-hydroxylation sites is 1. The molecule has 0 spiro atoms. The zero-order valence-electron chi connectivity index (χ0n) is 17.3. The van der Waals surface area contributed by atoms with Crippen LogP contribution in [0.15, 0.2) is 42.5 Å². The van der Waals surface area contributed by atoms with Crippen molar-refractivity contribution in [1.82, 2.24) is 0 Å². The third-order valence-electron chi connectivity index (χ3n) is 4.93. The van der Waals surface area contributed by atoms with Gasteiger partial charge in [-0.25, -0.2) is 8.42 Å². The van der Waals surface area contributed by atoms with Crippen molar-refractivity contribution in [2.45, 2.75) is 53.0 Å². The fourth-order valence-electron chi connectivity index (χ4n) is 3.32. The van der Waals surface area contributed by atoms with Crippen LogP contribution in [0.2, 0.25) is 0 Å². The van der Waals surface area contributed by atoms with Gasteiger partial charge in [0.1, 0.15) is 6.04 Å². The van der Waals surface area contributed by atoms with Crippen LogP contribution >= 0.6 is 0 Å². The lowest BCUT2D eigenvalue weighted by Crippen LogP contribution is -2.45. The molecule has 28 heavy (non-hydrogen) atoms. The summed E-state index contributed by atoms with van der Waals surface area (Å²) in [5.41, 5.74) is 4.47. The van der Waals surface area contributed by atoms with Crippen molar-refractivity contribution in [1.29, 1.82) is 0 Å². The van der Waals surface area contributed by atoms with Crippen LogP contribution in [0.3, 0.4) is 0 Å². The average molecular weight is 403 g/mol. The highest BCUT2D eigenvalue weighted by atomic mass is 32.2. The predicted octanol–water partition coefficient (Wildman–Crippen LogP) is 4.17. The van der Waals surface area contributed by atoms with Gasteiger partial charge in [0.25, 0.3) is 0 Å². The van der Waals surface area contributed by atoms with E-state index in [1.807, 2.05) is 51.1 Å². The maximum absolute atomic E-state index is 13.0. The molecule has 0 aliphatic rings. The Morgan fingerprint density at radius 1 is 0.964 bits per heavy atom. The molecule has 0 aliphatic heterocycles. The minimum absolute atomic E-state index is 0.347. The number of hydrogen-bond donors (Lipinski definition) is 1. The number of amides is 1. The normalized spacial score (nSPS) is 12.5. The van der Waals surface area contributed by atoms with Crippen LogP contribution in [0.25, 0.3) is 0 Å². The van der Waals surface area contributed by atoms with Crippen molar-refractivity contribution < 1.29 is 13.2 Å². The molecule has 5 nitrogen and oxygen atoms in total. The number of anilines is 2. The molecule has 152 valence electrons. The summed E-state index contributed by atoms with van der Waals surface area (Å²) in [5, 5.41) is 2.98. The molecule has 1 atom stereocenters. The fraction of sp³-hybridized carbons (Fsp3) is 0.409. The van der Waals surface area contributed by atoms with Gasteiger partial charge in [0.15, 0.2) is 0 Å². The molecule has 0 radical (unpaired) electrons. The Bertz CT molecular complexity index is 899. The number of nitrogens with one attached hydrogen (secondary N) is 1. The summed E-state index contributed by atoms with van der Waals surface area (Å²) in [7, 11) is -3.63. The van der Waals surface area contributed by atoms with Crippen LogP contribution in [0, 0.1) is 0 Å². The van der Waals surface area contributed by atoms with Gasteiger partial charge in [-0.3, -0.25) is 9.10 Å². The first-order valence-corrected chi connectivity index (χ1v) is 11.6. The fourth-order valence-corrected chi connectivity index (χ4v) is 4.49. The third-order valence-corrected chi connectivity index (χ3v) is 6.18. The lowest BCUT2D eigenvalue weighted by Gasteiger charge is -2.29. The third kappa shape index (κ3) is 4.93. The molecule has 0 saturated heterocycles. The van der Waals surface area contributed by atoms with Gasteiger partial charge in [0.2, 0.25) is 15.9 Å². The molecule has 2 aromatic rings. The molecule has 1 amide bonds. The highest BCUT2D eigenvalue weighted by Crippen LogP contribution is 2.25. The summed E-state index contributed by atoms with van der Waals surface area (Å²) in [6.07, 6.45) is 3.56. The van der Waals surface area contributed by atoms with Crippen molar-refractivity contribution in [3.63, 3.8) is 0 Å². The number of hydrogen-bond acceptors (Lipinski definition) is 3. The zero-order chi connectivity index (χ0) is 20.9. The topological polar surface area (TPSA) is 66.5 Å². The van der Waals surface area contributed by atoms with Crippen molar-refractivity contribution in [3.8, 4) is 0 Å². The number of nitrogens with zero attached hydrogens (tertiary/aromatic N) is 1. The van der Waals surface area contributed by atoms with Crippen LogP contribution in [-0.2, 0) is 34.1 Å². The van der Waals surface area contributed by atoms with Gasteiger partial charge in [-0.05, 0) is 55.0 Å². The first kappa shape index (κ1) is 22.0. The Labute approximate surface area is 168 Å². The van der Waals surface area contributed by atoms with Crippen LogP contribution in [0.5, 0.6) is 0 Å². The highest BCUT2D eigenvalue weighted by Gasteiger charge is 2.29. The van der Waals surface area contributed by atoms with Crippen LogP contribution in [0.1, 0.15) is 44.4 Å². The molecule has 0 saturated carbocycles. The van der Waals surface area contributed by atoms with E-state index in [2.05, 4.69) is 5.32 Å². The SMILES string of the molecule is CCc1ccc(N([C@@H](C)C(=O)Nc2c(CC)cccc2CC)S(C)(=O)=O)cc1. The number of rotatable bonds is 8. The first-order chi connectivity index (χ1) is 13.2. The number of carbonyl (C=O) groups excluding carboxylic acids is 1. The van der Waals surface area contributed by atoms with E-state index in [9.17, 15) is 13.2 Å². The molecule has 0 aromatic heterocycles. The number of aryl methyl sites for hydroxylation is 3. The summed E-state index contributed by atoms with van der Waals surface area (Å²) in [6.45, 7) is 7.72. The minimum Gasteiger partial charge on any atom is -0.324 e. The molecule has 0 bridgehead atoms. The second-order valence-corrected chi connectivity index (χ2v) is 8.76. The van der Waals surface area contributed by atoms with E-state index >= 15 is 0 Å². The van der Waals surface area contributed by atoms with Crippen molar-refractivity contribution in [2.75, 3.05) is 15.9 Å². The van der Waals surface area contributed by atoms with Crippen molar-refractivity contribution >= 4 is 27.3 Å². The van der Waals surface area contributed by atoms with Gasteiger partial charge < -0.3 is 5.32 Å². The molecule has 2 rings (SSSR count). The predicted molar refractivity (Wildman–Crippen MR) is 116 cm³/mol. The summed E-state index contributed by atoms with van der Waals surface area (Å²) >= 11 is 0. The molecule has 0 heterocycles. The number of carbonyl (C=O) groups is 1. The van der Waals surface area contributed by atoms with Crippen molar-refractivity contribution in [3.05, 3.63) is 59.2 Å². The molecular formula is C22H30N2O3S. The Morgan fingerprint density at radius 3 is 1.93 bits per heavy atom. The average Bonchev–Trinajstić information content (AvgIpc) is 2.67. The van der Waals surface area contributed by atoms with E-state index in [-0.39, 0.29) is 5.91 Å². The Balaban J connectivity index is 2.37. The van der Waals surface area contributed by atoms with Gasteiger partial charge in [-0.1, -0.05) is 51.1 Å². The van der Waals surface area contributed by atoms with Crippen LogP contribution in [0.4, 0.5) is 11.4 Å². The second-order valence-electron chi connectivity index (χ2n) is 6.90. The Hall–Kier alpha value is -2.34. The molecule has 1 N–H and O–H groups in total. The van der Waals surface area contributed by atoms with Crippen molar-refractivity contribution in [2.24, 2.45) is 0 Å². The molecular weight excluding hydrogens is 372 g/mol. The van der Waals surface area contributed by atoms with Gasteiger partial charge in [-0.2, -0.15) is 0 Å². The Morgan fingerprint density at radius 2 is 1.50 bits per heavy atom. The standard InChI is InChI=1S/C22H30N2O3S/c1-6-17-12-14-20(15-13-17)24(28(5,26)27)16(4)22(25)23-21-18(7-2)10-9-11-19(21)8-3/h9-16H,6-8H2,1-5H3,(H,23,25)/t16-/m0/s1. The lowest BCUT2D eigenvalue weighted by atomic mass is 10.0. The largest absolute Gasteiger partial charge is 0.324 e. The number of sulfonamides is 1. The molecule has 6 heteroatoms. The summed E-state index contributed by atoms with van der Waals surface area (Å²) < 4.78 is 26.1. The molecule has 0 fully saturated rings. The van der Waals surface area contributed by atoms with E-state index in [4.69, 9.17) is 0 Å². The van der Waals surface area contributed by atoms with E-state index in [1.165, 1.54) is 4.31 Å². The maximum atomic E-state index is 13.0. The smallest absolute Gasteiger partial charge is 0.248 e. The van der Waals surface area contributed by atoms with E-state index < -0.39 is 16.1 Å². The first-order valence-electron chi connectivity index (χ1n) is 9.72. The minimum atomic E-state index is -3.63. The van der Waals surface area contributed by atoms with Gasteiger partial charge in [-0.15, -0.1) is 0 Å². The van der Waals surface area contributed by atoms with Gasteiger partial charge in [0.05, 0.1) is 11.9 Å². The van der Waals surface area contributed by atoms with Crippen LogP contribution < -0.4 is 9.62 Å². The van der Waals surface area contributed by atoms with Gasteiger partial charge >= 0.3 is 0 Å². The highest BCUT2D eigenvalue weighted by molar-refractivity contribution is 7.92. The molecule has 0 unspecified atom stereocenters. The van der Waals surface area contributed by atoms with E-state index in [1.54, 1.807) is 19.1 Å². The summed E-state index contributed by atoms with van der Waals surface area (Å²) in [6, 6.07) is 12.3. The Kier molecular flexibility index (Phi) is 7.24. The van der Waals surface area contributed by atoms with E-state index in [0.717, 1.165) is 47.9 Å². The summed E-state index contributed by atoms with van der Waals surface area (Å²) in [5.74, 6) is -0.347. The molecule has 0 aliphatic carbocycles. The lowest BCUT2D eigenvalue weighted by molar-refractivity contribution is -0.116. The van der Waals surface area contributed by atoms with Gasteiger partial charge in [0, 0.05) is 5.69 Å². The monoisotopic (exact) mass is 402 g/mol. The quantitative estimate of drug-likeness (QED) is 0.721.